The number of amides is 1. The molecule has 8 heteroatoms. The van der Waals surface area contributed by atoms with Gasteiger partial charge in [-0.3, -0.25) is 4.79 Å². The van der Waals surface area contributed by atoms with E-state index in [1.807, 2.05) is 31.2 Å². The normalized spacial score (nSPS) is 16.5. The molecule has 1 aromatic rings. The number of sulfonamides is 1. The number of benzene rings is 1. The zero-order valence-electron chi connectivity index (χ0n) is 15.1. The van der Waals surface area contributed by atoms with E-state index in [2.05, 4.69) is 21.2 Å². The predicted molar refractivity (Wildman–Crippen MR) is 105 cm³/mol. The molecule has 0 unspecified atom stereocenters. The van der Waals surface area contributed by atoms with Crippen LogP contribution in [0, 0.1) is 5.92 Å². The third kappa shape index (κ3) is 6.64. The average Bonchev–Trinajstić information content (AvgIpc) is 2.61. The summed E-state index contributed by atoms with van der Waals surface area (Å²) in [7, 11) is -3.37. The first kappa shape index (κ1) is 21.3. The maximum absolute atomic E-state index is 12.6. The summed E-state index contributed by atoms with van der Waals surface area (Å²) in [5.41, 5.74) is 0.758. The van der Waals surface area contributed by atoms with Crippen molar-refractivity contribution in [3.8, 4) is 0 Å². The molecule has 2 rings (SSSR count). The van der Waals surface area contributed by atoms with Gasteiger partial charge < -0.3 is 10.1 Å². The fourth-order valence-electron chi connectivity index (χ4n) is 3.00. The van der Waals surface area contributed by atoms with Crippen LogP contribution in [0.5, 0.6) is 0 Å². The van der Waals surface area contributed by atoms with Gasteiger partial charge in [0, 0.05) is 43.2 Å². The lowest BCUT2D eigenvalue weighted by atomic mass is 9.97. The number of halogens is 1. The van der Waals surface area contributed by atoms with E-state index in [1.54, 1.807) is 0 Å². The van der Waals surface area contributed by atoms with Gasteiger partial charge in [0.15, 0.2) is 0 Å². The van der Waals surface area contributed by atoms with Crippen LogP contribution in [0.1, 0.15) is 31.7 Å². The Balaban J connectivity index is 1.78. The number of nitrogens with one attached hydrogen (secondary N) is 1. The van der Waals surface area contributed by atoms with Crippen molar-refractivity contribution in [2.45, 2.75) is 31.9 Å². The van der Waals surface area contributed by atoms with Gasteiger partial charge >= 0.3 is 0 Å². The van der Waals surface area contributed by atoms with Gasteiger partial charge in [0.25, 0.3) is 0 Å². The Bertz CT molecular complexity index is 688. The Morgan fingerprint density at radius 2 is 2.08 bits per heavy atom. The van der Waals surface area contributed by atoms with Gasteiger partial charge in [-0.25, -0.2) is 12.7 Å². The Hall–Kier alpha value is -0.960. The molecule has 1 aliphatic heterocycles. The first-order chi connectivity index (χ1) is 12.4. The van der Waals surface area contributed by atoms with Gasteiger partial charge in [-0.05, 0) is 43.9 Å². The zero-order chi connectivity index (χ0) is 19.0. The van der Waals surface area contributed by atoms with E-state index in [0.29, 0.717) is 45.7 Å². The molecule has 0 saturated carbocycles. The van der Waals surface area contributed by atoms with Crippen LogP contribution in [0.2, 0.25) is 0 Å². The molecular weight excluding hydrogens is 420 g/mol. The van der Waals surface area contributed by atoms with E-state index < -0.39 is 10.0 Å². The third-order valence-electron chi connectivity index (χ3n) is 4.43. The van der Waals surface area contributed by atoms with E-state index in [9.17, 15) is 13.2 Å². The van der Waals surface area contributed by atoms with Crippen molar-refractivity contribution in [1.82, 2.24) is 9.62 Å². The van der Waals surface area contributed by atoms with E-state index in [1.165, 1.54) is 4.31 Å². The number of ether oxygens (including phenoxy) is 1. The van der Waals surface area contributed by atoms with Crippen molar-refractivity contribution in [3.05, 3.63) is 34.3 Å². The molecule has 0 radical (unpaired) electrons. The predicted octanol–water partition coefficient (Wildman–Crippen LogP) is 2.53. The summed E-state index contributed by atoms with van der Waals surface area (Å²) in [6, 6.07) is 7.33. The molecule has 1 saturated heterocycles. The molecule has 0 bridgehead atoms. The molecule has 1 aliphatic rings. The minimum atomic E-state index is -3.37. The summed E-state index contributed by atoms with van der Waals surface area (Å²) in [6.07, 6.45) is 1.92. The molecule has 0 spiro atoms. The van der Waals surface area contributed by atoms with Gasteiger partial charge in [-0.2, -0.15) is 0 Å². The summed E-state index contributed by atoms with van der Waals surface area (Å²) < 4.78 is 32.8. The fourth-order valence-corrected chi connectivity index (χ4v) is 5.00. The maximum Gasteiger partial charge on any atom is 0.223 e. The molecule has 0 aromatic heterocycles. The molecular formula is C18H27BrN2O4S. The summed E-state index contributed by atoms with van der Waals surface area (Å²) in [4.78, 5) is 12.2. The van der Waals surface area contributed by atoms with Crippen molar-refractivity contribution in [2.24, 2.45) is 5.92 Å². The number of nitrogens with zero attached hydrogens (tertiary/aromatic N) is 1. The quantitative estimate of drug-likeness (QED) is 0.591. The largest absolute Gasteiger partial charge is 0.382 e. The van der Waals surface area contributed by atoms with Gasteiger partial charge in [0.2, 0.25) is 15.9 Å². The SMILES string of the molecule is CCOCCCNC(=O)C1CCN(S(=O)(=O)Cc2cccc(Br)c2)CC1. The van der Waals surface area contributed by atoms with Crippen molar-refractivity contribution < 1.29 is 17.9 Å². The number of rotatable bonds is 9. The molecule has 1 heterocycles. The van der Waals surface area contributed by atoms with Crippen LogP contribution >= 0.6 is 15.9 Å². The van der Waals surface area contributed by atoms with Crippen LogP contribution in [-0.4, -0.2) is 51.5 Å². The van der Waals surface area contributed by atoms with E-state index in [-0.39, 0.29) is 17.6 Å². The highest BCUT2D eigenvalue weighted by atomic mass is 79.9. The van der Waals surface area contributed by atoms with Crippen molar-refractivity contribution in [2.75, 3.05) is 32.8 Å². The minimum absolute atomic E-state index is 0.0132. The van der Waals surface area contributed by atoms with Gasteiger partial charge in [-0.1, -0.05) is 28.1 Å². The average molecular weight is 447 g/mol. The topological polar surface area (TPSA) is 75.7 Å². The Labute approximate surface area is 164 Å². The number of piperidine rings is 1. The Kier molecular flexibility index (Phi) is 8.53. The van der Waals surface area contributed by atoms with E-state index >= 15 is 0 Å². The molecule has 1 amide bonds. The molecule has 6 nitrogen and oxygen atoms in total. The third-order valence-corrected chi connectivity index (χ3v) is 6.77. The summed E-state index contributed by atoms with van der Waals surface area (Å²) in [5, 5.41) is 2.92. The summed E-state index contributed by atoms with van der Waals surface area (Å²) in [6.45, 7) is 4.65. The second-order valence-corrected chi connectivity index (χ2v) is 9.29. The second-order valence-electron chi connectivity index (χ2n) is 6.40. The Morgan fingerprint density at radius 3 is 2.73 bits per heavy atom. The summed E-state index contributed by atoms with van der Waals surface area (Å²) in [5.74, 6) is -0.106. The number of hydrogen-bond acceptors (Lipinski definition) is 4. The molecule has 26 heavy (non-hydrogen) atoms. The lowest BCUT2D eigenvalue weighted by molar-refractivity contribution is -0.126. The summed E-state index contributed by atoms with van der Waals surface area (Å²) >= 11 is 3.36. The van der Waals surface area contributed by atoms with Crippen molar-refractivity contribution >= 4 is 31.9 Å². The first-order valence-corrected chi connectivity index (χ1v) is 11.4. The highest BCUT2D eigenvalue weighted by molar-refractivity contribution is 9.10. The molecule has 0 atom stereocenters. The van der Waals surface area contributed by atoms with Crippen LogP contribution in [0.4, 0.5) is 0 Å². The first-order valence-electron chi connectivity index (χ1n) is 9.00. The van der Waals surface area contributed by atoms with Crippen LogP contribution < -0.4 is 5.32 Å². The lowest BCUT2D eigenvalue weighted by Gasteiger charge is -2.30. The molecule has 146 valence electrons. The molecule has 1 aromatic carbocycles. The van der Waals surface area contributed by atoms with Crippen LogP contribution in [0.15, 0.2) is 28.7 Å². The maximum atomic E-state index is 12.6. The second kappa shape index (κ2) is 10.4. The zero-order valence-corrected chi connectivity index (χ0v) is 17.5. The monoisotopic (exact) mass is 446 g/mol. The van der Waals surface area contributed by atoms with Crippen LogP contribution in [0.25, 0.3) is 0 Å². The standard InChI is InChI=1S/C18H27BrN2O4S/c1-2-25-12-4-9-20-18(22)16-7-10-21(11-8-16)26(23,24)14-15-5-3-6-17(19)13-15/h3,5-6,13,16H,2,4,7-12,14H2,1H3,(H,20,22). The van der Waals surface area contributed by atoms with Crippen LogP contribution in [-0.2, 0) is 25.3 Å². The highest BCUT2D eigenvalue weighted by Gasteiger charge is 2.31. The minimum Gasteiger partial charge on any atom is -0.382 e. The smallest absolute Gasteiger partial charge is 0.223 e. The molecule has 0 aliphatic carbocycles. The van der Waals surface area contributed by atoms with E-state index in [4.69, 9.17) is 4.74 Å². The number of carbonyl (C=O) groups is 1. The van der Waals surface area contributed by atoms with Gasteiger partial charge in [-0.15, -0.1) is 0 Å². The number of carbonyl (C=O) groups excluding carboxylic acids is 1. The molecule has 1 N–H and O–H groups in total. The molecule has 1 fully saturated rings. The highest BCUT2D eigenvalue weighted by Crippen LogP contribution is 2.22. The lowest BCUT2D eigenvalue weighted by Crippen LogP contribution is -2.43. The Morgan fingerprint density at radius 1 is 1.35 bits per heavy atom. The number of hydrogen-bond donors (Lipinski definition) is 1. The van der Waals surface area contributed by atoms with Crippen molar-refractivity contribution in [1.29, 1.82) is 0 Å². The van der Waals surface area contributed by atoms with Crippen LogP contribution in [0.3, 0.4) is 0 Å². The van der Waals surface area contributed by atoms with Gasteiger partial charge in [0.05, 0.1) is 5.75 Å². The van der Waals surface area contributed by atoms with Crippen molar-refractivity contribution in [3.63, 3.8) is 0 Å². The van der Waals surface area contributed by atoms with E-state index in [0.717, 1.165) is 16.5 Å². The van der Waals surface area contributed by atoms with Gasteiger partial charge in [0.1, 0.15) is 0 Å². The fraction of sp³-hybridized carbons (Fsp3) is 0.611.